The minimum absolute atomic E-state index is 0.00663. The maximum Gasteiger partial charge on any atom is 0.279 e. The van der Waals surface area contributed by atoms with E-state index in [0.29, 0.717) is 81.1 Å². The molecule has 4 aliphatic rings. The van der Waals surface area contributed by atoms with E-state index in [-0.39, 0.29) is 50.3 Å². The molecule has 0 aliphatic carbocycles. The summed E-state index contributed by atoms with van der Waals surface area (Å²) in [5, 5.41) is 24.1. The Kier molecular flexibility index (Phi) is 11.9. The van der Waals surface area contributed by atoms with E-state index in [1.807, 2.05) is 61.5 Å². The third kappa shape index (κ3) is 8.22. The average Bonchev–Trinajstić information content (AvgIpc) is 3.84. The number of aliphatic hydroxyl groups excluding tert-OH is 2. The van der Waals surface area contributed by atoms with Crippen molar-refractivity contribution >= 4 is 44.9 Å². The summed E-state index contributed by atoms with van der Waals surface area (Å²) in [7, 11) is -1.70. The number of carbonyl (C=O) groups excluding carboxylic acids is 3. The first-order chi connectivity index (χ1) is 31.3. The summed E-state index contributed by atoms with van der Waals surface area (Å²) in [6.07, 6.45) is 0.390. The lowest BCUT2D eigenvalue weighted by Gasteiger charge is -2.26. The highest BCUT2D eigenvalue weighted by Crippen LogP contribution is 2.42. The fourth-order valence-electron chi connectivity index (χ4n) is 9.77. The van der Waals surface area contributed by atoms with Crippen LogP contribution in [0.3, 0.4) is 0 Å². The predicted molar refractivity (Wildman–Crippen MR) is 243 cm³/mol. The number of ether oxygens (including phenoxy) is 3. The number of aryl methyl sites for hydroxylation is 1. The smallest absolute Gasteiger partial charge is 0.279 e. The van der Waals surface area contributed by atoms with Crippen LogP contribution in [0.1, 0.15) is 79.4 Å². The van der Waals surface area contributed by atoms with E-state index >= 15 is 0 Å². The Hall–Kier alpha value is -6.26. The van der Waals surface area contributed by atoms with Crippen molar-refractivity contribution in [2.45, 2.75) is 95.1 Å². The second-order valence-electron chi connectivity index (χ2n) is 17.2. The third-order valence-electron chi connectivity index (χ3n) is 13.0. The van der Waals surface area contributed by atoms with E-state index in [9.17, 15) is 33.0 Å². The highest BCUT2D eigenvalue weighted by atomic mass is 32.2. The number of amides is 3. The number of hydrogen-bond acceptors (Lipinski definition) is 11. The van der Waals surface area contributed by atoms with Gasteiger partial charge in [0.2, 0.25) is 5.91 Å². The molecule has 3 amide bonds. The second-order valence-corrected chi connectivity index (χ2v) is 19.1. The quantitative estimate of drug-likeness (QED) is 0.114. The third-order valence-corrected chi connectivity index (χ3v) is 14.6. The van der Waals surface area contributed by atoms with Gasteiger partial charge in [0.25, 0.3) is 21.9 Å². The number of para-hydroxylation sites is 2. The van der Waals surface area contributed by atoms with Crippen LogP contribution >= 0.6 is 0 Å². The van der Waals surface area contributed by atoms with Crippen LogP contribution in [-0.2, 0) is 58.0 Å². The Morgan fingerprint density at radius 2 is 1.23 bits per heavy atom. The molecular formula is C50H51N3O11S. The number of hydrogen-bond donors (Lipinski definition) is 3. The van der Waals surface area contributed by atoms with Crippen LogP contribution in [0.4, 0.5) is 17.1 Å². The molecule has 338 valence electrons. The van der Waals surface area contributed by atoms with Gasteiger partial charge >= 0.3 is 0 Å². The summed E-state index contributed by atoms with van der Waals surface area (Å²) in [6.45, 7) is 3.59. The number of benzene rings is 5. The molecule has 5 aromatic carbocycles. The van der Waals surface area contributed by atoms with Crippen LogP contribution in [0.15, 0.2) is 91.0 Å². The van der Waals surface area contributed by atoms with E-state index in [1.54, 1.807) is 53.1 Å². The van der Waals surface area contributed by atoms with E-state index in [2.05, 4.69) is 5.32 Å². The van der Waals surface area contributed by atoms with E-state index in [1.165, 1.54) is 7.11 Å². The molecule has 0 saturated carbocycles. The van der Waals surface area contributed by atoms with E-state index < -0.39 is 39.5 Å². The molecule has 0 saturated heterocycles. The highest BCUT2D eigenvalue weighted by Gasteiger charge is 2.43. The summed E-state index contributed by atoms with van der Waals surface area (Å²) in [6, 6.07) is 26.7. The summed E-state index contributed by atoms with van der Waals surface area (Å²) in [5.74, 6) is -0.0273. The number of nitrogens with one attached hydrogen (secondary N) is 1. The van der Waals surface area contributed by atoms with Gasteiger partial charge in [-0.25, -0.2) is 0 Å². The number of nitrogens with zero attached hydrogens (tertiary/aromatic N) is 2. The molecule has 0 radical (unpaired) electrons. The topological polar surface area (TPSA) is 181 Å². The van der Waals surface area contributed by atoms with Gasteiger partial charge in [0, 0.05) is 41.0 Å². The second kappa shape index (κ2) is 17.6. The van der Waals surface area contributed by atoms with E-state index in [4.69, 9.17) is 18.4 Å². The van der Waals surface area contributed by atoms with Gasteiger partial charge in [0.05, 0.1) is 38.5 Å². The molecule has 0 bridgehead atoms. The first kappa shape index (κ1) is 44.0. The van der Waals surface area contributed by atoms with Gasteiger partial charge in [0.15, 0.2) is 16.7 Å². The Labute approximate surface area is 377 Å². The number of methoxy groups -OCH3 is 1. The van der Waals surface area contributed by atoms with Gasteiger partial charge in [0.1, 0.15) is 19.0 Å². The molecule has 4 aliphatic heterocycles. The van der Waals surface area contributed by atoms with Gasteiger partial charge in [-0.15, -0.1) is 0 Å². The van der Waals surface area contributed by atoms with Crippen molar-refractivity contribution in [1.29, 1.82) is 0 Å². The first-order valence-electron chi connectivity index (χ1n) is 21.8. The molecule has 9 rings (SSSR count). The van der Waals surface area contributed by atoms with E-state index in [0.717, 1.165) is 29.6 Å². The molecule has 0 spiro atoms. The van der Waals surface area contributed by atoms with Crippen LogP contribution in [0.25, 0.3) is 0 Å². The fourth-order valence-corrected chi connectivity index (χ4v) is 10.9. The number of fused-ring (bicyclic) bond motifs is 8. The van der Waals surface area contributed by atoms with Gasteiger partial charge in [-0.3, -0.25) is 18.6 Å². The molecule has 0 fully saturated rings. The number of carbonyl (C=O) groups is 3. The lowest BCUT2D eigenvalue weighted by molar-refractivity contribution is -0.116. The molecule has 4 heterocycles. The molecule has 3 unspecified atom stereocenters. The van der Waals surface area contributed by atoms with Gasteiger partial charge in [-0.2, -0.15) is 8.42 Å². The van der Waals surface area contributed by atoms with Crippen LogP contribution in [0, 0.1) is 6.92 Å². The van der Waals surface area contributed by atoms with Crippen molar-refractivity contribution in [2.75, 3.05) is 29.3 Å². The van der Waals surface area contributed by atoms with Gasteiger partial charge in [-0.1, -0.05) is 49.7 Å². The fraction of sp³-hybridized carbons (Fsp3) is 0.340. The van der Waals surface area contributed by atoms with Crippen molar-refractivity contribution < 1.29 is 51.4 Å². The van der Waals surface area contributed by atoms with Gasteiger partial charge in [-0.05, 0) is 120 Å². The van der Waals surface area contributed by atoms with Crippen LogP contribution in [0.5, 0.6) is 17.2 Å². The average molecular weight is 902 g/mol. The van der Waals surface area contributed by atoms with Crippen molar-refractivity contribution in [1.82, 2.24) is 0 Å². The molecular weight excluding hydrogens is 851 g/mol. The standard InChI is InChI=1S/C50H51N3O11S/c1-5-10-47(65(59,60)62-4)48(56)51-35-17-29(26-63-44-23-33-21-42(54)40-19-31-11-6-8-13-38(31)52(40)49(57)36(33)15-28(44)2)16-30(18-35)27-64-46-24-34-22-43(55)41-20-32-12-7-9-14-39(32)53(41)50(58)37(34)25-45(46)61-3/h6-9,11-18,23-25,40-43,47,54-55H,5,10,19-22,26-27H2,1-4H3,(H,51,56)/t40-,41-,42?,43?,47?/m0/s1. The summed E-state index contributed by atoms with van der Waals surface area (Å²) >= 11 is 0. The number of aliphatic hydroxyl groups is 2. The lowest BCUT2D eigenvalue weighted by Crippen LogP contribution is -2.43. The monoisotopic (exact) mass is 901 g/mol. The SMILES string of the molecule is CCCC(C(=O)Nc1cc(COc2cc3c(cc2C)C(=O)N2c4ccccc4C[C@H]2C(O)C3)cc(COc2cc3c(cc2OC)C(=O)N2c4ccccc4C[C@H]2C(O)C3)c1)S(=O)(=O)OC. The Bertz CT molecular complexity index is 2830. The van der Waals surface area contributed by atoms with Crippen LogP contribution in [-0.4, -0.2) is 80.1 Å². The van der Waals surface area contributed by atoms with Crippen molar-refractivity contribution in [3.05, 3.63) is 141 Å². The Balaban J connectivity index is 0.997. The number of anilines is 3. The largest absolute Gasteiger partial charge is 0.493 e. The minimum atomic E-state index is -4.21. The molecule has 14 nitrogen and oxygen atoms in total. The summed E-state index contributed by atoms with van der Waals surface area (Å²) in [4.78, 5) is 45.1. The Morgan fingerprint density at radius 3 is 1.77 bits per heavy atom. The minimum Gasteiger partial charge on any atom is -0.493 e. The van der Waals surface area contributed by atoms with Crippen molar-refractivity contribution in [3.8, 4) is 17.2 Å². The zero-order valence-electron chi connectivity index (χ0n) is 36.6. The maximum absolute atomic E-state index is 14.1. The lowest BCUT2D eigenvalue weighted by atomic mass is 9.96. The molecule has 3 N–H and O–H groups in total. The Morgan fingerprint density at radius 1 is 0.708 bits per heavy atom. The zero-order chi connectivity index (χ0) is 45.7. The number of rotatable bonds is 13. The van der Waals surface area contributed by atoms with Crippen LogP contribution < -0.4 is 29.3 Å². The maximum atomic E-state index is 14.1. The summed E-state index contributed by atoms with van der Waals surface area (Å²) < 4.78 is 48.9. The molecule has 65 heavy (non-hydrogen) atoms. The molecule has 15 heteroatoms. The van der Waals surface area contributed by atoms with Gasteiger partial charge < -0.3 is 39.5 Å². The van der Waals surface area contributed by atoms with Crippen molar-refractivity contribution in [2.24, 2.45) is 0 Å². The predicted octanol–water partition coefficient (Wildman–Crippen LogP) is 6.22. The van der Waals surface area contributed by atoms with Crippen LogP contribution in [0.2, 0.25) is 0 Å². The van der Waals surface area contributed by atoms with Crippen molar-refractivity contribution in [3.63, 3.8) is 0 Å². The zero-order valence-corrected chi connectivity index (χ0v) is 37.4. The molecule has 5 atom stereocenters. The summed E-state index contributed by atoms with van der Waals surface area (Å²) in [5.41, 5.74) is 7.98. The first-order valence-corrected chi connectivity index (χ1v) is 23.3. The highest BCUT2D eigenvalue weighted by molar-refractivity contribution is 7.88. The molecule has 5 aromatic rings. The normalized spacial score (nSPS) is 20.0. The molecule has 0 aromatic heterocycles.